The zero-order valence-electron chi connectivity index (χ0n) is 12.3. The van der Waals surface area contributed by atoms with Crippen LogP contribution in [-0.4, -0.2) is 43.6 Å². The Bertz CT molecular complexity index is 486. The minimum atomic E-state index is -0.148. The van der Waals surface area contributed by atoms with E-state index in [4.69, 9.17) is 10.5 Å². The molecule has 20 heavy (non-hydrogen) atoms. The summed E-state index contributed by atoms with van der Waals surface area (Å²) in [7, 11) is 3.65. The average molecular weight is 277 g/mol. The van der Waals surface area contributed by atoms with E-state index in [1.54, 1.807) is 25.3 Å². The summed E-state index contributed by atoms with van der Waals surface area (Å²) in [6.45, 7) is 2.74. The fourth-order valence-electron chi connectivity index (χ4n) is 2.22. The number of nitrogen functional groups attached to an aromatic ring is 1. The van der Waals surface area contributed by atoms with Gasteiger partial charge in [-0.1, -0.05) is 0 Å². The van der Waals surface area contributed by atoms with Gasteiger partial charge in [-0.05, 0) is 45.0 Å². The van der Waals surface area contributed by atoms with Gasteiger partial charge >= 0.3 is 0 Å². The van der Waals surface area contributed by atoms with Gasteiger partial charge in [0.2, 0.25) is 0 Å². The quantitative estimate of drug-likeness (QED) is 0.773. The van der Waals surface area contributed by atoms with Gasteiger partial charge in [0.25, 0.3) is 5.91 Å². The number of hydrogen-bond acceptors (Lipinski definition) is 4. The summed E-state index contributed by atoms with van der Waals surface area (Å²) in [5, 5.41) is 2.95. The number of methoxy groups -OCH3 is 1. The van der Waals surface area contributed by atoms with E-state index < -0.39 is 0 Å². The molecule has 1 atom stereocenters. The third kappa shape index (κ3) is 3.42. The first-order valence-corrected chi connectivity index (χ1v) is 6.96. The lowest BCUT2D eigenvalue weighted by atomic mass is 10.1. The maximum Gasteiger partial charge on any atom is 0.255 e. The van der Waals surface area contributed by atoms with Crippen molar-refractivity contribution in [2.24, 2.45) is 0 Å². The molecule has 1 saturated carbocycles. The molecule has 1 aromatic rings. The monoisotopic (exact) mass is 277 g/mol. The van der Waals surface area contributed by atoms with Crippen molar-refractivity contribution in [1.82, 2.24) is 10.2 Å². The largest absolute Gasteiger partial charge is 0.496 e. The van der Waals surface area contributed by atoms with E-state index >= 15 is 0 Å². The van der Waals surface area contributed by atoms with Crippen LogP contribution in [0, 0.1) is 0 Å². The third-order valence-corrected chi connectivity index (χ3v) is 3.84. The number of carbonyl (C=O) groups is 1. The number of ether oxygens (including phenoxy) is 1. The molecule has 0 heterocycles. The van der Waals surface area contributed by atoms with Crippen LogP contribution in [0.15, 0.2) is 18.2 Å². The maximum atomic E-state index is 12.2. The number of nitrogens with zero attached hydrogens (tertiary/aromatic N) is 1. The Labute approximate surface area is 120 Å². The standard InChI is InChI=1S/C15H23N3O2/c1-10(18(2)12-5-6-12)9-17-15(19)13-8-11(16)4-7-14(13)20-3/h4,7-8,10,12H,5-6,9,16H2,1-3H3,(H,17,19). The number of carbonyl (C=O) groups excluding carboxylic acids is 1. The molecular formula is C15H23N3O2. The number of hydrogen-bond donors (Lipinski definition) is 2. The molecule has 0 aliphatic heterocycles. The molecule has 2 rings (SSSR count). The van der Waals surface area contributed by atoms with Gasteiger partial charge in [-0.2, -0.15) is 0 Å². The van der Waals surface area contributed by atoms with Crippen molar-refractivity contribution in [2.45, 2.75) is 31.8 Å². The number of nitrogens with one attached hydrogen (secondary N) is 1. The van der Waals surface area contributed by atoms with E-state index in [0.29, 0.717) is 35.6 Å². The molecule has 1 unspecified atom stereocenters. The number of anilines is 1. The smallest absolute Gasteiger partial charge is 0.255 e. The lowest BCUT2D eigenvalue weighted by molar-refractivity contribution is 0.0936. The van der Waals surface area contributed by atoms with Gasteiger partial charge in [0.15, 0.2) is 0 Å². The third-order valence-electron chi connectivity index (χ3n) is 3.84. The van der Waals surface area contributed by atoms with Gasteiger partial charge < -0.3 is 15.8 Å². The topological polar surface area (TPSA) is 67.6 Å². The van der Waals surface area contributed by atoms with Crippen LogP contribution in [0.25, 0.3) is 0 Å². The van der Waals surface area contributed by atoms with Gasteiger partial charge in [0, 0.05) is 24.3 Å². The number of benzene rings is 1. The van der Waals surface area contributed by atoms with Gasteiger partial charge in [0.05, 0.1) is 12.7 Å². The number of likely N-dealkylation sites (N-methyl/N-ethyl adjacent to an activating group) is 1. The molecule has 1 aliphatic carbocycles. The molecule has 3 N–H and O–H groups in total. The van der Waals surface area contributed by atoms with Crippen LogP contribution >= 0.6 is 0 Å². The first-order valence-electron chi connectivity index (χ1n) is 6.96. The normalized spacial score (nSPS) is 16.0. The Hall–Kier alpha value is -1.75. The highest BCUT2D eigenvalue weighted by molar-refractivity contribution is 5.97. The van der Waals surface area contributed by atoms with Crippen LogP contribution in [0.2, 0.25) is 0 Å². The molecule has 5 nitrogen and oxygen atoms in total. The summed E-state index contributed by atoms with van der Waals surface area (Å²) in [5.41, 5.74) is 6.76. The number of amides is 1. The first-order chi connectivity index (χ1) is 9.52. The Morgan fingerprint density at radius 2 is 2.25 bits per heavy atom. The van der Waals surface area contributed by atoms with E-state index in [1.165, 1.54) is 12.8 Å². The van der Waals surface area contributed by atoms with Crippen molar-refractivity contribution in [3.8, 4) is 5.75 Å². The van der Waals surface area contributed by atoms with Gasteiger partial charge in [-0.15, -0.1) is 0 Å². The van der Waals surface area contributed by atoms with Crippen molar-refractivity contribution in [1.29, 1.82) is 0 Å². The molecule has 1 aromatic carbocycles. The Morgan fingerprint density at radius 3 is 2.85 bits per heavy atom. The number of rotatable bonds is 6. The van der Waals surface area contributed by atoms with Gasteiger partial charge in [-0.3, -0.25) is 9.69 Å². The van der Waals surface area contributed by atoms with Crippen molar-refractivity contribution in [2.75, 3.05) is 26.4 Å². The van der Waals surface area contributed by atoms with Crippen molar-refractivity contribution < 1.29 is 9.53 Å². The van der Waals surface area contributed by atoms with Gasteiger partial charge in [-0.25, -0.2) is 0 Å². The summed E-state index contributed by atoms with van der Waals surface area (Å²) in [4.78, 5) is 14.5. The molecule has 110 valence electrons. The molecule has 0 bridgehead atoms. The second-order valence-electron chi connectivity index (χ2n) is 5.42. The molecule has 1 amide bonds. The van der Waals surface area contributed by atoms with E-state index in [2.05, 4.69) is 24.2 Å². The fourth-order valence-corrected chi connectivity index (χ4v) is 2.22. The van der Waals surface area contributed by atoms with E-state index in [-0.39, 0.29) is 5.91 Å². The SMILES string of the molecule is COc1ccc(N)cc1C(=O)NCC(C)N(C)C1CC1. The van der Waals surface area contributed by atoms with Crippen molar-refractivity contribution in [3.05, 3.63) is 23.8 Å². The zero-order valence-corrected chi connectivity index (χ0v) is 12.3. The molecule has 0 spiro atoms. The highest BCUT2D eigenvalue weighted by Crippen LogP contribution is 2.26. The fraction of sp³-hybridized carbons (Fsp3) is 0.533. The minimum absolute atomic E-state index is 0.148. The molecule has 0 radical (unpaired) electrons. The summed E-state index contributed by atoms with van der Waals surface area (Å²) in [6, 6.07) is 6.08. The van der Waals surface area contributed by atoms with Crippen molar-refractivity contribution in [3.63, 3.8) is 0 Å². The summed E-state index contributed by atoms with van der Waals surface area (Å²) < 4.78 is 5.20. The van der Waals surface area contributed by atoms with Crippen LogP contribution in [0.5, 0.6) is 5.75 Å². The highest BCUT2D eigenvalue weighted by Gasteiger charge is 2.29. The average Bonchev–Trinajstić information content (AvgIpc) is 3.28. The first kappa shape index (κ1) is 14.7. The minimum Gasteiger partial charge on any atom is -0.496 e. The summed E-state index contributed by atoms with van der Waals surface area (Å²) >= 11 is 0. The zero-order chi connectivity index (χ0) is 14.7. The van der Waals surface area contributed by atoms with E-state index in [9.17, 15) is 4.79 Å². The Morgan fingerprint density at radius 1 is 1.55 bits per heavy atom. The van der Waals surface area contributed by atoms with Gasteiger partial charge in [0.1, 0.15) is 5.75 Å². The molecule has 0 aromatic heterocycles. The molecule has 5 heteroatoms. The van der Waals surface area contributed by atoms with Crippen LogP contribution < -0.4 is 15.8 Å². The lowest BCUT2D eigenvalue weighted by Crippen LogP contribution is -2.41. The lowest BCUT2D eigenvalue weighted by Gasteiger charge is -2.24. The highest BCUT2D eigenvalue weighted by atomic mass is 16.5. The van der Waals surface area contributed by atoms with Crippen LogP contribution in [-0.2, 0) is 0 Å². The van der Waals surface area contributed by atoms with Crippen molar-refractivity contribution >= 4 is 11.6 Å². The predicted molar refractivity (Wildman–Crippen MR) is 80.0 cm³/mol. The van der Waals surface area contributed by atoms with Crippen LogP contribution in [0.4, 0.5) is 5.69 Å². The van der Waals surface area contributed by atoms with Crippen LogP contribution in [0.1, 0.15) is 30.1 Å². The molecule has 1 fully saturated rings. The predicted octanol–water partition coefficient (Wildman–Crippen LogP) is 1.49. The molecular weight excluding hydrogens is 254 g/mol. The molecule has 1 aliphatic rings. The maximum absolute atomic E-state index is 12.2. The van der Waals surface area contributed by atoms with Crippen LogP contribution in [0.3, 0.4) is 0 Å². The molecule has 0 saturated heterocycles. The Kier molecular flexibility index (Phi) is 4.49. The second kappa shape index (κ2) is 6.13. The second-order valence-corrected chi connectivity index (χ2v) is 5.42. The van der Waals surface area contributed by atoms with E-state index in [0.717, 1.165) is 0 Å². The van der Waals surface area contributed by atoms with E-state index in [1.807, 2.05) is 0 Å². The summed E-state index contributed by atoms with van der Waals surface area (Å²) in [6.07, 6.45) is 2.52. The number of nitrogens with two attached hydrogens (primary N) is 1. The Balaban J connectivity index is 1.95. The summed E-state index contributed by atoms with van der Waals surface area (Å²) in [5.74, 6) is 0.394.